The van der Waals surface area contributed by atoms with Gasteiger partial charge in [-0.05, 0) is 25.5 Å². The highest BCUT2D eigenvalue weighted by Gasteiger charge is 2.41. The Hall–Kier alpha value is -1.15. The monoisotopic (exact) mass is 345 g/mol. The van der Waals surface area contributed by atoms with Crippen molar-refractivity contribution in [3.8, 4) is 0 Å². The van der Waals surface area contributed by atoms with Crippen molar-refractivity contribution in [3.63, 3.8) is 0 Å². The van der Waals surface area contributed by atoms with E-state index in [1.54, 1.807) is 38.1 Å². The molecule has 0 saturated carbocycles. The molecule has 1 atom stereocenters. The van der Waals surface area contributed by atoms with Crippen molar-refractivity contribution >= 4 is 27.7 Å². The van der Waals surface area contributed by atoms with Gasteiger partial charge in [0.1, 0.15) is 6.04 Å². The van der Waals surface area contributed by atoms with Crippen molar-refractivity contribution in [2.24, 2.45) is 0 Å². The topological polar surface area (TPSA) is 69.7 Å². The van der Waals surface area contributed by atoms with Gasteiger partial charge in [0.05, 0.1) is 0 Å². The van der Waals surface area contributed by atoms with Crippen LogP contribution in [0.3, 0.4) is 0 Å². The summed E-state index contributed by atoms with van der Waals surface area (Å²) in [6.07, 6.45) is 0. The summed E-state index contributed by atoms with van der Waals surface area (Å²) in [7, 11) is -2.25. The molecular formula is C14H20ClN3O3S. The molecule has 8 heteroatoms. The second kappa shape index (κ2) is 6.54. The minimum absolute atomic E-state index is 0.207. The minimum atomic E-state index is -3.76. The molecular weight excluding hydrogens is 326 g/mol. The lowest BCUT2D eigenvalue weighted by molar-refractivity contribution is -0.127. The number of amides is 1. The molecule has 1 aliphatic rings. The summed E-state index contributed by atoms with van der Waals surface area (Å²) in [5.41, 5.74) is 0.488. The lowest BCUT2D eigenvalue weighted by Gasteiger charge is -2.37. The lowest BCUT2D eigenvalue weighted by atomic mass is 10.0. The fraction of sp³-hybridized carbons (Fsp3) is 0.500. The van der Waals surface area contributed by atoms with Gasteiger partial charge in [0.15, 0.2) is 0 Å². The zero-order chi connectivity index (χ0) is 16.5. The molecule has 1 aromatic rings. The highest BCUT2D eigenvalue weighted by atomic mass is 35.5. The molecule has 1 saturated heterocycles. The Kier molecular flexibility index (Phi) is 5.11. The van der Waals surface area contributed by atoms with Gasteiger partial charge in [-0.15, -0.1) is 0 Å². The number of hydrogen-bond acceptors (Lipinski definition) is 3. The summed E-state index contributed by atoms with van der Waals surface area (Å²) < 4.78 is 28.1. The largest absolute Gasteiger partial charge is 0.353 e. The molecule has 0 bridgehead atoms. The summed E-state index contributed by atoms with van der Waals surface area (Å²) in [5.74, 6) is -0.361. The number of piperazine rings is 1. The SMILES string of the molecule is CC(C)N(C)S(=O)(=O)N1CCNC(=O)[C@H]1c1ccccc1Cl. The first kappa shape index (κ1) is 17.2. The van der Waals surface area contributed by atoms with Crippen LogP contribution in [0, 0.1) is 0 Å². The summed E-state index contributed by atoms with van der Waals surface area (Å²) in [5, 5.41) is 3.08. The van der Waals surface area contributed by atoms with Gasteiger partial charge >= 0.3 is 0 Å². The van der Waals surface area contributed by atoms with E-state index in [2.05, 4.69) is 5.32 Å². The van der Waals surface area contributed by atoms with Crippen LogP contribution < -0.4 is 5.32 Å². The van der Waals surface area contributed by atoms with Crippen molar-refractivity contribution < 1.29 is 13.2 Å². The number of benzene rings is 1. The van der Waals surface area contributed by atoms with Gasteiger partial charge in [-0.3, -0.25) is 4.79 Å². The quantitative estimate of drug-likeness (QED) is 0.896. The molecule has 0 radical (unpaired) electrons. The number of hydrogen-bond donors (Lipinski definition) is 1. The average Bonchev–Trinajstić information content (AvgIpc) is 2.47. The first-order valence-electron chi connectivity index (χ1n) is 7.03. The van der Waals surface area contributed by atoms with Gasteiger partial charge in [0.25, 0.3) is 10.2 Å². The van der Waals surface area contributed by atoms with E-state index in [-0.39, 0.29) is 25.0 Å². The molecule has 2 rings (SSSR count). The molecule has 6 nitrogen and oxygen atoms in total. The van der Waals surface area contributed by atoms with Crippen LogP contribution in [0.25, 0.3) is 0 Å². The second-order valence-corrected chi connectivity index (χ2v) is 7.79. The van der Waals surface area contributed by atoms with E-state index < -0.39 is 16.3 Å². The number of nitrogens with one attached hydrogen (secondary N) is 1. The predicted molar refractivity (Wildman–Crippen MR) is 85.7 cm³/mol. The Bertz CT molecular complexity index is 663. The van der Waals surface area contributed by atoms with Crippen LogP contribution in [-0.4, -0.2) is 49.1 Å². The zero-order valence-corrected chi connectivity index (χ0v) is 14.4. The Labute approximate surface area is 136 Å². The maximum absolute atomic E-state index is 12.8. The molecule has 1 heterocycles. The molecule has 0 spiro atoms. The summed E-state index contributed by atoms with van der Waals surface area (Å²) in [6, 6.07) is 5.65. The van der Waals surface area contributed by atoms with Gasteiger partial charge in [-0.2, -0.15) is 17.0 Å². The van der Waals surface area contributed by atoms with Crippen LogP contribution in [0.4, 0.5) is 0 Å². The standard InChI is InChI=1S/C14H20ClN3O3S/c1-10(2)17(3)22(20,21)18-9-8-16-14(19)13(18)11-6-4-5-7-12(11)15/h4-7,10,13H,8-9H2,1-3H3,(H,16,19)/t13-/m1/s1. The van der Waals surface area contributed by atoms with E-state index in [0.29, 0.717) is 10.6 Å². The van der Waals surface area contributed by atoms with Crippen molar-refractivity contribution in [1.29, 1.82) is 0 Å². The van der Waals surface area contributed by atoms with Crippen LogP contribution >= 0.6 is 11.6 Å². The third kappa shape index (κ3) is 3.12. The van der Waals surface area contributed by atoms with Gasteiger partial charge in [0, 0.05) is 31.2 Å². The number of rotatable bonds is 4. The van der Waals surface area contributed by atoms with Gasteiger partial charge in [-0.25, -0.2) is 0 Å². The lowest BCUT2D eigenvalue weighted by Crippen LogP contribution is -2.56. The number of halogens is 1. The Balaban J connectivity index is 2.49. The Morgan fingerprint density at radius 1 is 1.36 bits per heavy atom. The number of nitrogens with zero attached hydrogens (tertiary/aromatic N) is 2. The highest BCUT2D eigenvalue weighted by molar-refractivity contribution is 7.86. The van der Waals surface area contributed by atoms with Crippen LogP contribution in [0.1, 0.15) is 25.5 Å². The van der Waals surface area contributed by atoms with Gasteiger partial charge in [-0.1, -0.05) is 29.8 Å². The molecule has 1 fully saturated rings. The predicted octanol–water partition coefficient (Wildman–Crippen LogP) is 1.40. The Morgan fingerprint density at radius 3 is 2.59 bits per heavy atom. The molecule has 122 valence electrons. The van der Waals surface area contributed by atoms with E-state index in [4.69, 9.17) is 11.6 Å². The van der Waals surface area contributed by atoms with Crippen LogP contribution in [-0.2, 0) is 15.0 Å². The molecule has 1 N–H and O–H groups in total. The maximum Gasteiger partial charge on any atom is 0.283 e. The number of carbonyl (C=O) groups is 1. The first-order chi connectivity index (χ1) is 10.3. The third-order valence-corrected chi connectivity index (χ3v) is 6.23. The first-order valence-corrected chi connectivity index (χ1v) is 8.81. The van der Waals surface area contributed by atoms with E-state index >= 15 is 0 Å². The van der Waals surface area contributed by atoms with Gasteiger partial charge < -0.3 is 5.32 Å². The van der Waals surface area contributed by atoms with Crippen LogP contribution in [0.5, 0.6) is 0 Å². The fourth-order valence-corrected chi connectivity index (χ4v) is 4.22. The molecule has 0 unspecified atom stereocenters. The van der Waals surface area contributed by atoms with Crippen molar-refractivity contribution in [3.05, 3.63) is 34.9 Å². The summed E-state index contributed by atoms with van der Waals surface area (Å²) in [6.45, 7) is 4.06. The molecule has 1 amide bonds. The van der Waals surface area contributed by atoms with E-state index in [9.17, 15) is 13.2 Å². The second-order valence-electron chi connectivity index (χ2n) is 5.44. The third-order valence-electron chi connectivity index (χ3n) is 3.76. The fourth-order valence-electron chi connectivity index (χ4n) is 2.32. The number of carbonyl (C=O) groups excluding carboxylic acids is 1. The smallest absolute Gasteiger partial charge is 0.283 e. The van der Waals surface area contributed by atoms with E-state index in [0.717, 1.165) is 0 Å². The molecule has 1 aliphatic heterocycles. The van der Waals surface area contributed by atoms with Gasteiger partial charge in [0.2, 0.25) is 5.91 Å². The summed E-state index contributed by atoms with van der Waals surface area (Å²) >= 11 is 6.17. The van der Waals surface area contributed by atoms with Crippen molar-refractivity contribution in [2.45, 2.75) is 25.9 Å². The van der Waals surface area contributed by atoms with E-state index in [1.807, 2.05) is 0 Å². The van der Waals surface area contributed by atoms with Crippen molar-refractivity contribution in [2.75, 3.05) is 20.1 Å². The molecule has 1 aromatic carbocycles. The molecule has 0 aliphatic carbocycles. The van der Waals surface area contributed by atoms with Crippen molar-refractivity contribution in [1.82, 2.24) is 13.9 Å². The van der Waals surface area contributed by atoms with Crippen LogP contribution in [0.2, 0.25) is 5.02 Å². The molecule has 0 aromatic heterocycles. The van der Waals surface area contributed by atoms with Crippen LogP contribution in [0.15, 0.2) is 24.3 Å². The van der Waals surface area contributed by atoms with E-state index in [1.165, 1.54) is 15.7 Å². The molecule has 22 heavy (non-hydrogen) atoms. The minimum Gasteiger partial charge on any atom is -0.353 e. The Morgan fingerprint density at radius 2 is 2.00 bits per heavy atom. The zero-order valence-electron chi connectivity index (χ0n) is 12.8. The normalized spacial score (nSPS) is 20.5. The average molecular weight is 346 g/mol. The summed E-state index contributed by atoms with van der Waals surface area (Å²) in [4.78, 5) is 12.3. The highest BCUT2D eigenvalue weighted by Crippen LogP contribution is 2.32. The maximum atomic E-state index is 12.8.